The first-order valence-electron chi connectivity index (χ1n) is 13.5. The first-order valence-corrected chi connectivity index (χ1v) is 13.5. The average molecular weight is 598 g/mol. The highest BCUT2D eigenvalue weighted by molar-refractivity contribution is 5.85. The molecule has 0 bridgehead atoms. The quantitative estimate of drug-likeness (QED) is 0.135. The van der Waals surface area contributed by atoms with E-state index in [0.29, 0.717) is 0 Å². The lowest BCUT2D eigenvalue weighted by atomic mass is 10.2. The number of carbonyl (C=O) groups excluding carboxylic acids is 4. The maximum Gasteiger partial charge on any atom is 0.344 e. The van der Waals surface area contributed by atoms with E-state index in [-0.39, 0.29) is 42.6 Å². The van der Waals surface area contributed by atoms with Crippen molar-refractivity contribution >= 4 is 24.2 Å². The molecule has 4 rings (SSSR count). The van der Waals surface area contributed by atoms with E-state index in [0.717, 1.165) is 16.7 Å². The van der Waals surface area contributed by atoms with Gasteiger partial charge in [-0.1, -0.05) is 91.0 Å². The summed E-state index contributed by atoms with van der Waals surface area (Å²) in [6, 6.07) is 29.8. The van der Waals surface area contributed by atoms with Crippen LogP contribution in [0.15, 0.2) is 103 Å². The van der Waals surface area contributed by atoms with Crippen LogP contribution in [0.3, 0.4) is 0 Å². The zero-order valence-corrected chi connectivity index (χ0v) is 23.6. The Morgan fingerprint density at radius 1 is 0.500 bits per heavy atom. The lowest BCUT2D eigenvalue weighted by Gasteiger charge is -2.15. The van der Waals surface area contributed by atoms with E-state index in [1.807, 2.05) is 66.7 Å². The van der Waals surface area contributed by atoms with Crippen molar-refractivity contribution in [1.29, 1.82) is 0 Å². The van der Waals surface area contributed by atoms with E-state index >= 15 is 0 Å². The number of hydrogen-bond donors (Lipinski definition) is 0. The fraction of sp³-hybridized carbons (Fsp3) is 0.176. The van der Waals surface area contributed by atoms with Crippen LogP contribution in [0.5, 0.6) is 17.2 Å². The van der Waals surface area contributed by atoms with Gasteiger partial charge in [0.1, 0.15) is 42.6 Å². The van der Waals surface area contributed by atoms with Gasteiger partial charge in [-0.3, -0.25) is 4.79 Å². The molecule has 0 aliphatic heterocycles. The van der Waals surface area contributed by atoms with Gasteiger partial charge in [0.2, 0.25) is 6.29 Å². The second kappa shape index (κ2) is 16.7. The van der Waals surface area contributed by atoms with Crippen LogP contribution in [-0.2, 0) is 53.2 Å². The largest absolute Gasteiger partial charge is 0.482 e. The molecule has 0 atom stereocenters. The normalized spacial score (nSPS) is 10.3. The highest BCUT2D eigenvalue weighted by Gasteiger charge is 2.19. The van der Waals surface area contributed by atoms with Crippen molar-refractivity contribution in [3.63, 3.8) is 0 Å². The fourth-order valence-electron chi connectivity index (χ4n) is 3.73. The number of ether oxygens (including phenoxy) is 6. The number of carbonyl (C=O) groups is 3. The summed E-state index contributed by atoms with van der Waals surface area (Å²) in [4.78, 5) is 48.9. The van der Waals surface area contributed by atoms with Gasteiger partial charge in [-0.2, -0.15) is 0 Å². The van der Waals surface area contributed by atoms with E-state index in [2.05, 4.69) is 0 Å². The molecule has 0 aliphatic rings. The van der Waals surface area contributed by atoms with Crippen LogP contribution in [0, 0.1) is 0 Å². The van der Waals surface area contributed by atoms with E-state index in [1.165, 1.54) is 12.1 Å². The van der Waals surface area contributed by atoms with Crippen molar-refractivity contribution in [2.75, 3.05) is 19.8 Å². The van der Waals surface area contributed by atoms with Gasteiger partial charge in [-0.05, 0) is 16.7 Å². The van der Waals surface area contributed by atoms with Gasteiger partial charge in [-0.25, -0.2) is 14.4 Å². The lowest BCUT2D eigenvalue weighted by Crippen LogP contribution is -2.18. The number of rotatable bonds is 16. The second-order valence-electron chi connectivity index (χ2n) is 9.20. The van der Waals surface area contributed by atoms with Crippen molar-refractivity contribution in [3.8, 4) is 17.2 Å². The monoisotopic (exact) mass is 597 g/mol. The highest BCUT2D eigenvalue weighted by atomic mass is 16.6. The van der Waals surface area contributed by atoms with Crippen molar-refractivity contribution in [2.45, 2.75) is 19.8 Å². The van der Waals surface area contributed by atoms with Crippen molar-refractivity contribution in [3.05, 3.63) is 125 Å². The van der Waals surface area contributed by atoms with E-state index in [4.69, 9.17) is 28.4 Å². The lowest BCUT2D eigenvalue weighted by molar-refractivity contribution is -0.148. The van der Waals surface area contributed by atoms with Crippen LogP contribution in [0.4, 0.5) is 0 Å². The third-order valence-electron chi connectivity index (χ3n) is 5.92. The first-order chi connectivity index (χ1) is 21.5. The maximum atomic E-state index is 12.3. The van der Waals surface area contributed by atoms with Gasteiger partial charge >= 0.3 is 17.9 Å². The summed E-state index contributed by atoms with van der Waals surface area (Å²) >= 11 is 0. The van der Waals surface area contributed by atoms with Crippen LogP contribution >= 0.6 is 0 Å². The standard InChI is InChI=1S/C34H29O10/c35-18-29-30(40-23-33(37)43-20-26-12-6-2-7-13-26)16-28(39-22-32(36)42-19-25-10-4-1-5-11-25)17-31(29)41-24-34(38)44-21-27-14-8-3-9-15-27/h1-17H,19-24H2. The molecule has 10 nitrogen and oxygen atoms in total. The molecular formula is C34H29O10. The smallest absolute Gasteiger partial charge is 0.344 e. The molecule has 0 spiro atoms. The molecule has 1 radical (unpaired) electrons. The zero-order chi connectivity index (χ0) is 31.0. The molecule has 0 saturated carbocycles. The summed E-state index contributed by atoms with van der Waals surface area (Å²) in [5.41, 5.74) is 2.16. The molecule has 0 aromatic heterocycles. The summed E-state index contributed by atoms with van der Waals surface area (Å²) in [7, 11) is 0. The Hall–Kier alpha value is -5.64. The van der Waals surface area contributed by atoms with E-state index in [9.17, 15) is 19.2 Å². The number of esters is 3. The second-order valence-corrected chi connectivity index (χ2v) is 9.20. The molecule has 4 aromatic rings. The Morgan fingerprint density at radius 3 is 1.18 bits per heavy atom. The summed E-state index contributed by atoms with van der Waals surface area (Å²) in [6.07, 6.45) is 1.71. The van der Waals surface area contributed by atoms with Crippen molar-refractivity contribution in [1.82, 2.24) is 0 Å². The number of benzene rings is 4. The predicted octanol–water partition coefficient (Wildman–Crippen LogP) is 4.51. The van der Waals surface area contributed by atoms with Crippen molar-refractivity contribution < 1.29 is 47.6 Å². The summed E-state index contributed by atoms with van der Waals surface area (Å²) in [6.45, 7) is -1.47. The average Bonchev–Trinajstić information content (AvgIpc) is 3.07. The zero-order valence-electron chi connectivity index (χ0n) is 23.6. The van der Waals surface area contributed by atoms with Gasteiger partial charge in [0.15, 0.2) is 19.8 Å². The molecule has 4 aromatic carbocycles. The van der Waals surface area contributed by atoms with Gasteiger partial charge in [-0.15, -0.1) is 0 Å². The molecule has 0 aliphatic carbocycles. The van der Waals surface area contributed by atoms with E-state index < -0.39 is 37.7 Å². The SMILES string of the molecule is O=[C]c1c(OCC(=O)OCc2ccccc2)cc(OCC(=O)OCc2ccccc2)cc1OCC(=O)OCc1ccccc1. The van der Waals surface area contributed by atoms with Gasteiger partial charge in [0.05, 0.1) is 0 Å². The maximum absolute atomic E-state index is 12.3. The summed E-state index contributed by atoms with van der Waals surface area (Å²) in [5.74, 6) is -2.29. The summed E-state index contributed by atoms with van der Waals surface area (Å²) < 4.78 is 32.3. The molecule has 10 heteroatoms. The highest BCUT2D eigenvalue weighted by Crippen LogP contribution is 2.33. The Kier molecular flexibility index (Phi) is 11.9. The molecule has 225 valence electrons. The van der Waals surface area contributed by atoms with Crippen LogP contribution in [0.1, 0.15) is 22.3 Å². The third-order valence-corrected chi connectivity index (χ3v) is 5.92. The molecule has 0 heterocycles. The van der Waals surface area contributed by atoms with Gasteiger partial charge in [0, 0.05) is 12.1 Å². The minimum absolute atomic E-state index is 0.0311. The van der Waals surface area contributed by atoms with Crippen LogP contribution in [0.2, 0.25) is 0 Å². The Morgan fingerprint density at radius 2 is 0.841 bits per heavy atom. The fourth-order valence-corrected chi connectivity index (χ4v) is 3.73. The Labute approximate surface area is 254 Å². The van der Waals surface area contributed by atoms with Crippen molar-refractivity contribution in [2.24, 2.45) is 0 Å². The summed E-state index contributed by atoms with van der Waals surface area (Å²) in [5, 5.41) is 0. The topological polar surface area (TPSA) is 124 Å². The first kappa shape index (κ1) is 31.3. The molecule has 44 heavy (non-hydrogen) atoms. The van der Waals surface area contributed by atoms with E-state index in [1.54, 1.807) is 30.6 Å². The van der Waals surface area contributed by atoms with Gasteiger partial charge in [0.25, 0.3) is 0 Å². The van der Waals surface area contributed by atoms with Crippen LogP contribution < -0.4 is 14.2 Å². The molecule has 0 saturated heterocycles. The van der Waals surface area contributed by atoms with Gasteiger partial charge < -0.3 is 28.4 Å². The molecule has 0 N–H and O–H groups in total. The molecular weight excluding hydrogens is 568 g/mol. The molecule has 0 unspecified atom stereocenters. The predicted molar refractivity (Wildman–Crippen MR) is 156 cm³/mol. The Bertz CT molecular complexity index is 1440. The van der Waals surface area contributed by atoms with Crippen LogP contribution in [0.25, 0.3) is 0 Å². The molecule has 0 fully saturated rings. The number of hydrogen-bond acceptors (Lipinski definition) is 10. The minimum atomic E-state index is -0.700. The third kappa shape index (κ3) is 10.3. The van der Waals surface area contributed by atoms with Crippen LogP contribution in [-0.4, -0.2) is 44.0 Å². The minimum Gasteiger partial charge on any atom is -0.482 e. The molecule has 0 amide bonds. The Balaban J connectivity index is 1.41.